The van der Waals surface area contributed by atoms with Crippen molar-refractivity contribution < 1.29 is 13.3 Å². The first-order valence-electron chi connectivity index (χ1n) is 6.49. The lowest BCUT2D eigenvalue weighted by molar-refractivity contribution is -0.385. The minimum absolute atomic E-state index is 0. The Bertz CT molecular complexity index is 661. The van der Waals surface area contributed by atoms with Gasteiger partial charge in [-0.25, -0.2) is 13.1 Å². The van der Waals surface area contributed by atoms with Crippen LogP contribution in [0.4, 0.5) is 5.69 Å². The van der Waals surface area contributed by atoms with Crippen LogP contribution in [0.1, 0.15) is 18.4 Å². The summed E-state index contributed by atoms with van der Waals surface area (Å²) in [6, 6.07) is 2.06. The number of nitrogens with zero attached hydrogens (tertiary/aromatic N) is 1. The third-order valence-electron chi connectivity index (χ3n) is 3.42. The Balaban J connectivity index is 0.00000242. The van der Waals surface area contributed by atoms with Gasteiger partial charge in [-0.15, -0.1) is 12.4 Å². The molecule has 2 N–H and O–H groups in total. The van der Waals surface area contributed by atoms with E-state index in [1.54, 1.807) is 0 Å². The molecule has 124 valence electrons. The second-order valence-electron chi connectivity index (χ2n) is 4.97. The van der Waals surface area contributed by atoms with E-state index < -0.39 is 14.9 Å². The zero-order valence-electron chi connectivity index (χ0n) is 11.8. The van der Waals surface area contributed by atoms with Crippen molar-refractivity contribution in [2.24, 2.45) is 0 Å². The lowest BCUT2D eigenvalue weighted by Gasteiger charge is -2.23. The fourth-order valence-corrected chi connectivity index (χ4v) is 3.82. The van der Waals surface area contributed by atoms with Crippen LogP contribution in [0.25, 0.3) is 0 Å². The fourth-order valence-electron chi connectivity index (χ4n) is 2.22. The van der Waals surface area contributed by atoms with Gasteiger partial charge in [-0.05, 0) is 32.4 Å². The second-order valence-corrected chi connectivity index (χ2v) is 7.09. The maximum absolute atomic E-state index is 12.3. The van der Waals surface area contributed by atoms with Crippen LogP contribution in [0.3, 0.4) is 0 Å². The standard InChI is InChI=1S/C12H16ClN3O4S.ClH/c1-8-11(13)5-10(6-12(8)16(17)18)21(19,20)15-9-3-2-4-14-7-9;/h5-6,9,14-15H,2-4,7H2,1H3;1H/t9-;/m0./s1. The van der Waals surface area contributed by atoms with Crippen LogP contribution < -0.4 is 10.0 Å². The molecule has 1 aliphatic heterocycles. The van der Waals surface area contributed by atoms with Gasteiger partial charge in [-0.1, -0.05) is 11.6 Å². The van der Waals surface area contributed by atoms with Crippen LogP contribution >= 0.6 is 24.0 Å². The number of rotatable bonds is 4. The van der Waals surface area contributed by atoms with Gasteiger partial charge in [0.05, 0.1) is 14.8 Å². The van der Waals surface area contributed by atoms with E-state index in [2.05, 4.69) is 10.0 Å². The molecule has 1 aromatic carbocycles. The predicted molar refractivity (Wildman–Crippen MR) is 86.3 cm³/mol. The fraction of sp³-hybridized carbons (Fsp3) is 0.500. The monoisotopic (exact) mass is 369 g/mol. The smallest absolute Gasteiger partial charge is 0.275 e. The summed E-state index contributed by atoms with van der Waals surface area (Å²) in [6.45, 7) is 2.89. The molecule has 1 saturated heterocycles. The summed E-state index contributed by atoms with van der Waals surface area (Å²) in [6.07, 6.45) is 1.61. The van der Waals surface area contributed by atoms with Gasteiger partial charge in [0.1, 0.15) is 0 Å². The molecular formula is C12H17Cl2N3O4S. The highest BCUT2D eigenvalue weighted by atomic mass is 35.5. The number of halogens is 2. The third kappa shape index (κ3) is 4.30. The Morgan fingerprint density at radius 1 is 1.45 bits per heavy atom. The van der Waals surface area contributed by atoms with Crippen molar-refractivity contribution in [1.82, 2.24) is 10.0 Å². The SMILES string of the molecule is Cc1c(Cl)cc(S(=O)(=O)N[C@H]2CCCNC2)cc1[N+](=O)[O-].Cl. The lowest BCUT2D eigenvalue weighted by atomic mass is 10.1. The average molecular weight is 370 g/mol. The summed E-state index contributed by atoms with van der Waals surface area (Å²) < 4.78 is 27.2. The van der Waals surface area contributed by atoms with Crippen molar-refractivity contribution in [2.45, 2.75) is 30.7 Å². The molecule has 0 amide bonds. The van der Waals surface area contributed by atoms with Crippen LogP contribution in [-0.4, -0.2) is 32.5 Å². The van der Waals surface area contributed by atoms with Crippen molar-refractivity contribution >= 4 is 39.7 Å². The Morgan fingerprint density at radius 2 is 2.14 bits per heavy atom. The van der Waals surface area contributed by atoms with Crippen molar-refractivity contribution in [3.8, 4) is 0 Å². The molecule has 2 rings (SSSR count). The number of piperidine rings is 1. The molecule has 0 aliphatic carbocycles. The van der Waals surface area contributed by atoms with E-state index in [-0.39, 0.29) is 39.6 Å². The van der Waals surface area contributed by atoms with Crippen molar-refractivity contribution in [3.05, 3.63) is 32.8 Å². The summed E-state index contributed by atoms with van der Waals surface area (Å²) in [4.78, 5) is 10.1. The molecule has 0 bridgehead atoms. The lowest BCUT2D eigenvalue weighted by Crippen LogP contribution is -2.45. The van der Waals surface area contributed by atoms with Crippen LogP contribution in [0.15, 0.2) is 17.0 Å². The maximum atomic E-state index is 12.3. The van der Waals surface area contributed by atoms with E-state index in [0.29, 0.717) is 6.54 Å². The number of benzene rings is 1. The van der Waals surface area contributed by atoms with Gasteiger partial charge in [-0.3, -0.25) is 10.1 Å². The second kappa shape index (κ2) is 7.56. The Morgan fingerprint density at radius 3 is 2.68 bits per heavy atom. The molecule has 10 heteroatoms. The molecule has 0 spiro atoms. The summed E-state index contributed by atoms with van der Waals surface area (Å²) in [5.74, 6) is 0. The molecule has 1 aromatic rings. The van der Waals surface area contributed by atoms with Crippen LogP contribution in [-0.2, 0) is 10.0 Å². The van der Waals surface area contributed by atoms with E-state index in [4.69, 9.17) is 11.6 Å². The topological polar surface area (TPSA) is 101 Å². The summed E-state index contributed by atoms with van der Waals surface area (Å²) in [5.41, 5.74) is -0.0513. The van der Waals surface area contributed by atoms with Crippen LogP contribution in [0, 0.1) is 17.0 Å². The molecule has 1 aliphatic rings. The first-order chi connectivity index (χ1) is 9.81. The Labute approximate surface area is 140 Å². The van der Waals surface area contributed by atoms with Gasteiger partial charge in [0.25, 0.3) is 5.69 Å². The number of nitro benzene ring substituents is 1. The van der Waals surface area contributed by atoms with E-state index >= 15 is 0 Å². The molecule has 1 heterocycles. The summed E-state index contributed by atoms with van der Waals surface area (Å²) in [7, 11) is -3.83. The largest absolute Gasteiger partial charge is 0.315 e. The van der Waals surface area contributed by atoms with Crippen LogP contribution in [0.2, 0.25) is 5.02 Å². The van der Waals surface area contributed by atoms with Gasteiger partial charge >= 0.3 is 0 Å². The molecule has 7 nitrogen and oxygen atoms in total. The minimum atomic E-state index is -3.83. The third-order valence-corrected chi connectivity index (χ3v) is 5.31. The zero-order chi connectivity index (χ0) is 15.6. The Hall–Kier alpha value is -0.930. The van der Waals surface area contributed by atoms with Crippen molar-refractivity contribution in [1.29, 1.82) is 0 Å². The van der Waals surface area contributed by atoms with Gasteiger partial charge < -0.3 is 5.32 Å². The maximum Gasteiger partial charge on any atom is 0.275 e. The Kier molecular flexibility index (Phi) is 6.57. The zero-order valence-corrected chi connectivity index (χ0v) is 14.2. The van der Waals surface area contributed by atoms with Gasteiger partial charge in [0.2, 0.25) is 10.0 Å². The van der Waals surface area contributed by atoms with E-state index in [1.165, 1.54) is 13.0 Å². The molecule has 0 saturated carbocycles. The van der Waals surface area contributed by atoms with Gasteiger partial charge in [-0.2, -0.15) is 0 Å². The van der Waals surface area contributed by atoms with E-state index in [1.807, 2.05) is 0 Å². The number of nitro groups is 1. The first-order valence-corrected chi connectivity index (χ1v) is 8.35. The highest BCUT2D eigenvalue weighted by Gasteiger charge is 2.25. The van der Waals surface area contributed by atoms with Gasteiger partial charge in [0, 0.05) is 24.2 Å². The molecule has 22 heavy (non-hydrogen) atoms. The highest BCUT2D eigenvalue weighted by molar-refractivity contribution is 7.89. The van der Waals surface area contributed by atoms with Crippen LogP contribution in [0.5, 0.6) is 0 Å². The van der Waals surface area contributed by atoms with E-state index in [9.17, 15) is 18.5 Å². The normalized spacial score (nSPS) is 18.5. The van der Waals surface area contributed by atoms with Crippen molar-refractivity contribution in [3.63, 3.8) is 0 Å². The average Bonchev–Trinajstić information content (AvgIpc) is 2.41. The minimum Gasteiger partial charge on any atom is -0.315 e. The molecule has 0 unspecified atom stereocenters. The highest BCUT2D eigenvalue weighted by Crippen LogP contribution is 2.29. The predicted octanol–water partition coefficient (Wildman–Crippen LogP) is 2.01. The number of hydrogen-bond acceptors (Lipinski definition) is 5. The molecule has 1 fully saturated rings. The summed E-state index contributed by atoms with van der Waals surface area (Å²) in [5, 5.41) is 14.1. The van der Waals surface area contributed by atoms with E-state index in [0.717, 1.165) is 25.5 Å². The number of hydrogen-bond donors (Lipinski definition) is 2. The molecule has 0 radical (unpaired) electrons. The quantitative estimate of drug-likeness (QED) is 0.624. The number of sulfonamides is 1. The van der Waals surface area contributed by atoms with Crippen molar-refractivity contribution in [2.75, 3.05) is 13.1 Å². The molecule has 1 atom stereocenters. The summed E-state index contributed by atoms with van der Waals surface area (Å²) >= 11 is 5.90. The first kappa shape index (κ1) is 19.1. The molecule has 0 aromatic heterocycles. The van der Waals surface area contributed by atoms with Gasteiger partial charge in [0.15, 0.2) is 0 Å². The molecular weight excluding hydrogens is 353 g/mol. The number of nitrogens with one attached hydrogen (secondary N) is 2.